The molecule has 0 aliphatic heterocycles. The molecule has 3 N–H and O–H groups in total. The highest BCUT2D eigenvalue weighted by Gasteiger charge is 2.13. The quantitative estimate of drug-likeness (QED) is 0.385. The molecule has 0 atom stereocenters. The first-order valence-electron chi connectivity index (χ1n) is 6.15. The van der Waals surface area contributed by atoms with Crippen molar-refractivity contribution in [1.82, 2.24) is 9.97 Å². The second-order valence-corrected chi connectivity index (χ2v) is 4.46. The molecule has 2 rings (SSSR count). The van der Waals surface area contributed by atoms with Gasteiger partial charge in [0.25, 0.3) is 0 Å². The molecule has 0 aliphatic rings. The lowest BCUT2D eigenvalue weighted by atomic mass is 10.1. The molecule has 0 amide bonds. The zero-order valence-corrected chi connectivity index (χ0v) is 11.7. The van der Waals surface area contributed by atoms with Gasteiger partial charge in [-0.25, -0.2) is 4.98 Å². The van der Waals surface area contributed by atoms with Crippen molar-refractivity contribution in [3.05, 3.63) is 47.4 Å². The minimum atomic E-state index is 0.0595. The Hall–Kier alpha value is -2.63. The Morgan fingerprint density at radius 3 is 2.60 bits per heavy atom. The Morgan fingerprint density at radius 2 is 1.95 bits per heavy atom. The van der Waals surface area contributed by atoms with Crippen molar-refractivity contribution in [2.24, 2.45) is 10.9 Å². The molecule has 0 spiro atoms. The van der Waals surface area contributed by atoms with Crippen LogP contribution >= 0.6 is 0 Å². The molecule has 104 valence electrons. The van der Waals surface area contributed by atoms with Crippen molar-refractivity contribution in [3.8, 4) is 0 Å². The summed E-state index contributed by atoms with van der Waals surface area (Å²) in [5, 5.41) is 11.9. The van der Waals surface area contributed by atoms with Crippen molar-refractivity contribution in [2.75, 3.05) is 11.9 Å². The van der Waals surface area contributed by atoms with Gasteiger partial charge < -0.3 is 15.8 Å². The highest BCUT2D eigenvalue weighted by molar-refractivity contribution is 6.02. The van der Waals surface area contributed by atoms with Gasteiger partial charge in [0, 0.05) is 12.6 Å². The van der Waals surface area contributed by atoms with Gasteiger partial charge in [0.1, 0.15) is 0 Å². The predicted octanol–water partition coefficient (Wildman–Crippen LogP) is 1.96. The van der Waals surface area contributed by atoms with Crippen LogP contribution in [0, 0.1) is 13.8 Å². The molecule has 0 saturated heterocycles. The summed E-state index contributed by atoms with van der Waals surface area (Å²) in [6, 6.07) is 7.38. The number of benzene rings is 1. The summed E-state index contributed by atoms with van der Waals surface area (Å²) in [6.45, 7) is 3.82. The number of aryl methyl sites for hydroxylation is 2. The van der Waals surface area contributed by atoms with Crippen molar-refractivity contribution in [1.29, 1.82) is 0 Å². The van der Waals surface area contributed by atoms with Crippen molar-refractivity contribution >= 4 is 17.3 Å². The summed E-state index contributed by atoms with van der Waals surface area (Å²) in [5.74, 6) is 0.760. The maximum Gasteiger partial charge on any atom is 0.172 e. The summed E-state index contributed by atoms with van der Waals surface area (Å²) < 4.78 is 0. The average molecular weight is 271 g/mol. The van der Waals surface area contributed by atoms with Crippen LogP contribution < -0.4 is 10.6 Å². The van der Waals surface area contributed by atoms with E-state index in [1.54, 1.807) is 12.3 Å². The number of aromatic nitrogens is 2. The fraction of sp³-hybridized carbons (Fsp3) is 0.214. The molecule has 0 unspecified atom stereocenters. The van der Waals surface area contributed by atoms with Crippen LogP contribution in [0.4, 0.5) is 11.5 Å². The van der Waals surface area contributed by atoms with E-state index in [-0.39, 0.29) is 5.84 Å². The molecule has 0 bridgehead atoms. The second-order valence-electron chi connectivity index (χ2n) is 4.46. The Morgan fingerprint density at radius 1 is 1.25 bits per heavy atom. The summed E-state index contributed by atoms with van der Waals surface area (Å²) in [5.41, 5.74) is 8.90. The third-order valence-electron chi connectivity index (χ3n) is 3.17. The van der Waals surface area contributed by atoms with E-state index in [2.05, 4.69) is 15.1 Å². The molecular weight excluding hydrogens is 254 g/mol. The standard InChI is InChI=1S/C14H17N5O/c1-9-10(2)17-13(8-16-9)19(3)12-7-5-4-6-11(12)14(15)18-20/h4-8,20H,1-3H3,(H2,15,18). The van der Waals surface area contributed by atoms with Gasteiger partial charge in [-0.15, -0.1) is 0 Å². The van der Waals surface area contributed by atoms with E-state index in [1.165, 1.54) is 0 Å². The highest BCUT2D eigenvalue weighted by atomic mass is 16.4. The molecule has 6 heteroatoms. The number of hydrogen-bond donors (Lipinski definition) is 2. The van der Waals surface area contributed by atoms with Gasteiger partial charge >= 0.3 is 0 Å². The molecule has 0 saturated carbocycles. The second kappa shape index (κ2) is 5.56. The average Bonchev–Trinajstić information content (AvgIpc) is 2.48. The zero-order chi connectivity index (χ0) is 14.7. The monoisotopic (exact) mass is 271 g/mol. The van der Waals surface area contributed by atoms with Crippen LogP contribution in [0.3, 0.4) is 0 Å². The van der Waals surface area contributed by atoms with Gasteiger partial charge in [0.05, 0.1) is 23.3 Å². The van der Waals surface area contributed by atoms with Gasteiger partial charge in [-0.05, 0) is 26.0 Å². The van der Waals surface area contributed by atoms with E-state index >= 15 is 0 Å². The van der Waals surface area contributed by atoms with Crippen LogP contribution in [0.5, 0.6) is 0 Å². The Bertz CT molecular complexity index is 654. The first kappa shape index (κ1) is 13.8. The fourth-order valence-electron chi connectivity index (χ4n) is 1.85. The van der Waals surface area contributed by atoms with Crippen LogP contribution in [0.25, 0.3) is 0 Å². The van der Waals surface area contributed by atoms with E-state index < -0.39 is 0 Å². The molecule has 0 radical (unpaired) electrons. The Balaban J connectivity index is 2.48. The largest absolute Gasteiger partial charge is 0.409 e. The minimum Gasteiger partial charge on any atom is -0.409 e. The summed E-state index contributed by atoms with van der Waals surface area (Å²) in [7, 11) is 1.86. The van der Waals surface area contributed by atoms with E-state index in [0.29, 0.717) is 11.4 Å². The molecule has 0 fully saturated rings. The van der Waals surface area contributed by atoms with Crippen LogP contribution in [-0.4, -0.2) is 28.1 Å². The van der Waals surface area contributed by atoms with E-state index in [9.17, 15) is 0 Å². The van der Waals surface area contributed by atoms with Crippen LogP contribution in [0.15, 0.2) is 35.6 Å². The highest BCUT2D eigenvalue weighted by Crippen LogP contribution is 2.25. The number of hydrogen-bond acceptors (Lipinski definition) is 5. The SMILES string of the molecule is Cc1ncc(N(C)c2ccccc2/C(N)=N/O)nc1C. The van der Waals surface area contributed by atoms with E-state index in [1.807, 2.05) is 44.0 Å². The molecular formula is C14H17N5O. The maximum atomic E-state index is 8.86. The normalized spacial score (nSPS) is 11.4. The van der Waals surface area contributed by atoms with Gasteiger partial charge in [-0.3, -0.25) is 4.98 Å². The maximum absolute atomic E-state index is 8.86. The van der Waals surface area contributed by atoms with Gasteiger partial charge in [0.15, 0.2) is 11.7 Å². The van der Waals surface area contributed by atoms with E-state index in [4.69, 9.17) is 10.9 Å². The third kappa shape index (κ3) is 2.54. The molecule has 1 heterocycles. The number of rotatable bonds is 3. The lowest BCUT2D eigenvalue weighted by molar-refractivity contribution is 0.318. The summed E-state index contributed by atoms with van der Waals surface area (Å²) in [6.07, 6.45) is 1.70. The molecule has 1 aromatic heterocycles. The molecule has 1 aromatic carbocycles. The third-order valence-corrected chi connectivity index (χ3v) is 3.17. The lowest BCUT2D eigenvalue weighted by Crippen LogP contribution is -2.20. The topological polar surface area (TPSA) is 87.6 Å². The molecule has 20 heavy (non-hydrogen) atoms. The number of oxime groups is 1. The lowest BCUT2D eigenvalue weighted by Gasteiger charge is -2.21. The van der Waals surface area contributed by atoms with E-state index in [0.717, 1.165) is 17.1 Å². The van der Waals surface area contributed by atoms with Crippen LogP contribution in [0.2, 0.25) is 0 Å². The smallest absolute Gasteiger partial charge is 0.172 e. The van der Waals surface area contributed by atoms with Gasteiger partial charge in [-0.2, -0.15) is 0 Å². The number of nitrogens with zero attached hydrogens (tertiary/aromatic N) is 4. The minimum absolute atomic E-state index is 0.0595. The Labute approximate surface area is 117 Å². The van der Waals surface area contributed by atoms with Crippen molar-refractivity contribution < 1.29 is 5.21 Å². The van der Waals surface area contributed by atoms with Gasteiger partial charge in [-0.1, -0.05) is 17.3 Å². The predicted molar refractivity (Wildman–Crippen MR) is 78.5 cm³/mol. The van der Waals surface area contributed by atoms with Crippen molar-refractivity contribution in [2.45, 2.75) is 13.8 Å². The van der Waals surface area contributed by atoms with Gasteiger partial charge in [0.2, 0.25) is 0 Å². The number of nitrogens with two attached hydrogens (primary N) is 1. The number of amidine groups is 1. The zero-order valence-electron chi connectivity index (χ0n) is 11.7. The molecule has 2 aromatic rings. The van der Waals surface area contributed by atoms with Crippen molar-refractivity contribution in [3.63, 3.8) is 0 Å². The first-order valence-corrected chi connectivity index (χ1v) is 6.15. The number of para-hydroxylation sites is 1. The summed E-state index contributed by atoms with van der Waals surface area (Å²) >= 11 is 0. The summed E-state index contributed by atoms with van der Waals surface area (Å²) in [4.78, 5) is 10.7. The molecule has 6 nitrogen and oxygen atoms in total. The molecule has 0 aliphatic carbocycles. The van der Waals surface area contributed by atoms with Crippen LogP contribution in [0.1, 0.15) is 17.0 Å². The Kier molecular flexibility index (Phi) is 3.84. The van der Waals surface area contributed by atoms with Crippen LogP contribution in [-0.2, 0) is 0 Å². The fourth-order valence-corrected chi connectivity index (χ4v) is 1.85. The first-order chi connectivity index (χ1) is 9.54. The number of anilines is 2.